The molecule has 0 saturated carbocycles. The van der Waals surface area contributed by atoms with E-state index in [0.29, 0.717) is 75.1 Å². The SMILES string of the molecule is [C-]#[N+]c1ccc(-c2nc(-c3ccc(C#N)cc3)nc(-c3ccc(N4c5ccccc5Sc5ccccc54)cc3)n2)cc1.[C-]#[N+]c1ccc(-c2nc(-c3ccccc3)nc(-c3ccc(N4c5ccccc5Sc5ccccc54)cc3)n2)cc1.c1ccc(-c2nc(-c3ccc(N4c5ccccc5Sc5ccccc54)cc3)nc(-c3ccccn3)n2)cc1. The molecule has 0 bridgehead atoms. The van der Waals surface area contributed by atoms with Gasteiger partial charge in [-0.25, -0.2) is 54.5 Å². The van der Waals surface area contributed by atoms with Gasteiger partial charge in [0.25, 0.3) is 0 Å². The van der Waals surface area contributed by atoms with Crippen LogP contribution in [-0.4, -0.2) is 49.8 Å². The maximum Gasteiger partial charge on any atom is 0.187 e. The number of hydrogen-bond donors (Lipinski definition) is 0. The highest BCUT2D eigenvalue weighted by Crippen LogP contribution is 2.55. The van der Waals surface area contributed by atoms with Gasteiger partial charge in [0.05, 0.1) is 58.9 Å². The Bertz CT molecular complexity index is 6700. The average molecular weight is 1600 g/mol. The first kappa shape index (κ1) is 74.3. The summed E-state index contributed by atoms with van der Waals surface area (Å²) in [6.45, 7) is 14.5. The zero-order chi connectivity index (χ0) is 80.7. The Kier molecular flexibility index (Phi) is 20.8. The average Bonchev–Trinajstić information content (AvgIpc) is 0.766. The van der Waals surface area contributed by atoms with Crippen LogP contribution in [0.2, 0.25) is 0 Å². The Morgan fingerprint density at radius 2 is 0.458 bits per heavy atom. The predicted octanol–water partition coefficient (Wildman–Crippen LogP) is 26.8. The zero-order valence-electron chi connectivity index (χ0n) is 63.7. The quantitative estimate of drug-likeness (QED) is 0.106. The van der Waals surface area contributed by atoms with Crippen molar-refractivity contribution in [2.75, 3.05) is 14.7 Å². The van der Waals surface area contributed by atoms with E-state index in [9.17, 15) is 5.26 Å². The van der Waals surface area contributed by atoms with Crippen LogP contribution in [0.1, 0.15) is 5.56 Å². The second-order valence-corrected chi connectivity index (χ2v) is 30.9. The van der Waals surface area contributed by atoms with E-state index in [2.05, 4.69) is 242 Å². The maximum absolute atomic E-state index is 9.24. The Balaban J connectivity index is 0.000000119. The molecule has 0 saturated heterocycles. The van der Waals surface area contributed by atoms with Crippen LogP contribution < -0.4 is 14.7 Å². The van der Waals surface area contributed by atoms with Crippen molar-refractivity contribution in [3.8, 4) is 109 Å². The lowest BCUT2D eigenvalue weighted by atomic mass is 10.1. The Labute approximate surface area is 705 Å². The zero-order valence-corrected chi connectivity index (χ0v) is 66.1. The molecule has 0 radical (unpaired) electrons. The molecule has 7 heterocycles. The van der Waals surface area contributed by atoms with E-state index in [4.69, 9.17) is 58.0 Å². The molecule has 19 heteroatoms. The van der Waals surface area contributed by atoms with Gasteiger partial charge in [0.2, 0.25) is 0 Å². The lowest BCUT2D eigenvalue weighted by molar-refractivity contribution is 1.06. The van der Waals surface area contributed by atoms with E-state index in [1.54, 1.807) is 77.9 Å². The second-order valence-electron chi connectivity index (χ2n) is 27.6. The summed E-state index contributed by atoms with van der Waals surface area (Å²) in [6.07, 6.45) is 1.75. The van der Waals surface area contributed by atoms with Crippen LogP contribution >= 0.6 is 35.3 Å². The molecule has 564 valence electrons. The Morgan fingerprint density at radius 3 is 0.708 bits per heavy atom. The molecular weight excluding hydrogens is 1530 g/mol. The summed E-state index contributed by atoms with van der Waals surface area (Å²) in [6, 6.07) is 125. The molecule has 0 atom stereocenters. The van der Waals surface area contributed by atoms with Crippen molar-refractivity contribution in [1.29, 1.82) is 5.26 Å². The molecule has 16 nitrogen and oxygen atoms in total. The number of pyridine rings is 1. The van der Waals surface area contributed by atoms with Gasteiger partial charge < -0.3 is 14.7 Å². The molecule has 3 aliphatic heterocycles. The van der Waals surface area contributed by atoms with Gasteiger partial charge >= 0.3 is 0 Å². The lowest BCUT2D eigenvalue weighted by Gasteiger charge is -2.32. The first-order valence-corrected chi connectivity index (χ1v) is 40.8. The van der Waals surface area contributed by atoms with E-state index < -0.39 is 0 Å². The molecule has 3 aliphatic rings. The molecule has 0 N–H and O–H groups in total. The molecule has 0 amide bonds. The highest BCUT2D eigenvalue weighted by atomic mass is 32.2. The lowest BCUT2D eigenvalue weighted by Crippen LogP contribution is -2.14. The minimum atomic E-state index is 0.508. The van der Waals surface area contributed by atoms with E-state index in [-0.39, 0.29) is 0 Å². The standard InChI is InChI=1S/C35H20N6S.C34H21N5S.C32H21N5S/c1-37-27-18-14-25(15-19-27)34-38-33(24-12-10-23(22-36)11-13-24)39-35(40-34)26-16-20-28(21-17-26)41-29-6-2-4-8-31(29)42-32-9-5-3-7-30(32)41;1-35-26-19-15-24(16-20-26)33-36-32(23-9-3-2-4-10-23)37-34(38-33)25-17-21-27(22-18-25)39-28-11-5-7-13-30(28)40-31-14-8-6-12-29(31)39;1-2-10-22(11-3-1)30-34-31(36-32(35-30)25-12-8-9-21-33-25)23-17-19-24(20-18-23)37-26-13-4-6-15-28(26)38-29-16-7-5-14-27(29)37/h2-21H;2-22H;1-21H. The molecule has 0 spiro atoms. The summed E-state index contributed by atoms with van der Waals surface area (Å²) < 4.78 is 0. The number of hydrogen-bond acceptors (Lipinski definition) is 17. The van der Waals surface area contributed by atoms with Crippen molar-refractivity contribution in [1.82, 2.24) is 49.8 Å². The van der Waals surface area contributed by atoms with Crippen molar-refractivity contribution in [2.45, 2.75) is 29.4 Å². The highest BCUT2D eigenvalue weighted by molar-refractivity contribution is 8.00. The number of benzene rings is 14. The number of para-hydroxylation sites is 6. The summed E-state index contributed by atoms with van der Waals surface area (Å²) >= 11 is 5.38. The number of aromatic nitrogens is 10. The van der Waals surface area contributed by atoms with Crippen LogP contribution in [0.5, 0.6) is 0 Å². The third-order valence-corrected chi connectivity index (χ3v) is 23.5. The number of fused-ring (bicyclic) bond motifs is 6. The van der Waals surface area contributed by atoms with Gasteiger partial charge in [0.1, 0.15) is 5.69 Å². The summed E-state index contributed by atoms with van der Waals surface area (Å²) in [5.74, 6) is 5.11. The fourth-order valence-electron chi connectivity index (χ4n) is 14.2. The monoisotopic (exact) mass is 1590 g/mol. The van der Waals surface area contributed by atoms with Crippen LogP contribution in [0.25, 0.3) is 112 Å². The molecule has 18 aromatic rings. The Morgan fingerprint density at radius 1 is 0.233 bits per heavy atom. The Hall–Kier alpha value is -15.8. The molecular formula is C101H62N16S3. The van der Waals surface area contributed by atoms with Crippen LogP contribution in [-0.2, 0) is 0 Å². The first-order valence-electron chi connectivity index (χ1n) is 38.4. The van der Waals surface area contributed by atoms with Crippen molar-refractivity contribution in [3.05, 3.63) is 405 Å². The smallest absolute Gasteiger partial charge is 0.187 e. The third kappa shape index (κ3) is 15.5. The fraction of sp³-hybridized carbons (Fsp3) is 0. The fourth-order valence-corrected chi connectivity index (χ4v) is 17.4. The molecule has 120 heavy (non-hydrogen) atoms. The topological polar surface area (TPSA) is 171 Å². The van der Waals surface area contributed by atoms with Gasteiger partial charge in [-0.2, -0.15) is 5.26 Å². The molecule has 4 aromatic heterocycles. The predicted molar refractivity (Wildman–Crippen MR) is 480 cm³/mol. The molecule has 14 aromatic carbocycles. The van der Waals surface area contributed by atoms with Gasteiger partial charge in [-0.1, -0.05) is 223 Å². The first-order chi connectivity index (χ1) is 59.3. The summed E-state index contributed by atoms with van der Waals surface area (Å²) in [4.78, 5) is 69.0. The third-order valence-electron chi connectivity index (χ3n) is 20.1. The van der Waals surface area contributed by atoms with Crippen molar-refractivity contribution in [3.63, 3.8) is 0 Å². The van der Waals surface area contributed by atoms with Crippen LogP contribution in [0.3, 0.4) is 0 Å². The van der Waals surface area contributed by atoms with Crippen molar-refractivity contribution >= 4 is 97.8 Å². The second kappa shape index (κ2) is 33.6. The number of nitrogens with zero attached hydrogens (tertiary/aromatic N) is 16. The van der Waals surface area contributed by atoms with E-state index >= 15 is 0 Å². The van der Waals surface area contributed by atoms with Crippen LogP contribution in [0.15, 0.2) is 406 Å². The minimum absolute atomic E-state index is 0.508. The summed E-state index contributed by atoms with van der Waals surface area (Å²) in [5, 5.41) is 9.24. The number of anilines is 9. The van der Waals surface area contributed by atoms with Gasteiger partial charge in [-0.15, -0.1) is 0 Å². The van der Waals surface area contributed by atoms with Crippen LogP contribution in [0, 0.1) is 24.5 Å². The van der Waals surface area contributed by atoms with E-state index in [1.807, 2.05) is 127 Å². The van der Waals surface area contributed by atoms with Gasteiger partial charge in [0, 0.05) is 97.1 Å². The van der Waals surface area contributed by atoms with Crippen LogP contribution in [0.4, 0.5) is 62.6 Å². The molecule has 0 unspecified atom stereocenters. The van der Waals surface area contributed by atoms with Crippen molar-refractivity contribution in [2.24, 2.45) is 0 Å². The van der Waals surface area contributed by atoms with Gasteiger partial charge in [0.15, 0.2) is 63.8 Å². The van der Waals surface area contributed by atoms with Crippen molar-refractivity contribution < 1.29 is 0 Å². The normalized spacial score (nSPS) is 11.8. The van der Waals surface area contributed by atoms with Gasteiger partial charge in [-0.3, -0.25) is 4.98 Å². The summed E-state index contributed by atoms with van der Waals surface area (Å²) in [5.41, 5.74) is 19.5. The summed E-state index contributed by atoms with van der Waals surface area (Å²) in [7, 11) is 0. The molecule has 21 rings (SSSR count). The molecule has 0 aliphatic carbocycles. The largest absolute Gasteiger partial charge is 0.308 e. The number of rotatable bonds is 12. The minimum Gasteiger partial charge on any atom is -0.308 e. The molecule has 0 fully saturated rings. The van der Waals surface area contributed by atoms with E-state index in [1.165, 1.54) is 40.7 Å². The van der Waals surface area contributed by atoms with Gasteiger partial charge in [-0.05, 0) is 182 Å². The van der Waals surface area contributed by atoms with E-state index in [0.717, 1.165) is 84.3 Å². The maximum atomic E-state index is 9.24. The number of nitriles is 1. The highest BCUT2D eigenvalue weighted by Gasteiger charge is 2.29.